The highest BCUT2D eigenvalue weighted by Gasteiger charge is 2.22. The van der Waals surface area contributed by atoms with E-state index in [1.165, 1.54) is 50.6 Å². The molecule has 0 radical (unpaired) electrons. The van der Waals surface area contributed by atoms with Gasteiger partial charge < -0.3 is 10.3 Å². The summed E-state index contributed by atoms with van der Waals surface area (Å²) < 4.78 is 2.17. The van der Waals surface area contributed by atoms with Crippen LogP contribution in [0, 0.1) is 6.92 Å². The summed E-state index contributed by atoms with van der Waals surface area (Å²) in [6.45, 7) is 6.42. The largest absolute Gasteiger partial charge is 0.384 e. The Hall–Kier alpha value is -0.990. The standard InChI is InChI=1S/C15H27N3/c1-11(2)18-12(3)17-14(15(18)16)13-9-7-5-4-6-8-10-13/h11,13H,4-10,16H2,1-3H3. The summed E-state index contributed by atoms with van der Waals surface area (Å²) in [6, 6.07) is 0.403. The summed E-state index contributed by atoms with van der Waals surface area (Å²) >= 11 is 0. The van der Waals surface area contributed by atoms with Gasteiger partial charge in [-0.3, -0.25) is 0 Å². The molecule has 3 heteroatoms. The maximum atomic E-state index is 6.33. The molecule has 3 nitrogen and oxygen atoms in total. The number of nitrogens with two attached hydrogens (primary N) is 1. The van der Waals surface area contributed by atoms with Gasteiger partial charge in [0.25, 0.3) is 0 Å². The second-order valence-electron chi connectivity index (χ2n) is 5.94. The molecule has 1 aromatic heterocycles. The van der Waals surface area contributed by atoms with Crippen LogP contribution in [-0.2, 0) is 0 Å². The van der Waals surface area contributed by atoms with Crippen LogP contribution in [0.2, 0.25) is 0 Å². The summed E-state index contributed by atoms with van der Waals surface area (Å²) in [5.74, 6) is 2.57. The second kappa shape index (κ2) is 5.77. The number of nitrogen functional groups attached to an aromatic ring is 1. The Bertz CT molecular complexity index is 385. The Kier molecular flexibility index (Phi) is 4.31. The lowest BCUT2D eigenvalue weighted by molar-refractivity contribution is 0.451. The van der Waals surface area contributed by atoms with E-state index in [-0.39, 0.29) is 0 Å². The van der Waals surface area contributed by atoms with E-state index >= 15 is 0 Å². The van der Waals surface area contributed by atoms with E-state index in [1.807, 2.05) is 0 Å². The van der Waals surface area contributed by atoms with Crippen LogP contribution in [0.15, 0.2) is 0 Å². The first-order chi connectivity index (χ1) is 8.61. The van der Waals surface area contributed by atoms with Crippen LogP contribution in [0.4, 0.5) is 5.82 Å². The van der Waals surface area contributed by atoms with Crippen molar-refractivity contribution in [2.45, 2.75) is 77.7 Å². The molecule has 18 heavy (non-hydrogen) atoms. The Morgan fingerprint density at radius 1 is 1.11 bits per heavy atom. The molecule has 0 atom stereocenters. The van der Waals surface area contributed by atoms with Crippen LogP contribution in [0.25, 0.3) is 0 Å². The monoisotopic (exact) mass is 249 g/mol. The fourth-order valence-electron chi connectivity index (χ4n) is 3.27. The van der Waals surface area contributed by atoms with Crippen molar-refractivity contribution in [1.82, 2.24) is 9.55 Å². The van der Waals surface area contributed by atoms with Crippen molar-refractivity contribution >= 4 is 5.82 Å². The van der Waals surface area contributed by atoms with Crippen molar-refractivity contribution < 1.29 is 0 Å². The predicted octanol–water partition coefficient (Wildman–Crippen LogP) is 4.18. The molecular formula is C15H27N3. The summed E-state index contributed by atoms with van der Waals surface area (Å²) in [4.78, 5) is 4.77. The normalized spacial score (nSPS) is 18.9. The molecule has 0 amide bonds. The summed E-state index contributed by atoms with van der Waals surface area (Å²) in [5, 5.41) is 0. The zero-order valence-corrected chi connectivity index (χ0v) is 12.1. The topological polar surface area (TPSA) is 43.8 Å². The van der Waals surface area contributed by atoms with Gasteiger partial charge in [-0.05, 0) is 33.6 Å². The molecule has 0 aliphatic heterocycles. The molecular weight excluding hydrogens is 222 g/mol. The first kappa shape index (κ1) is 13.4. The number of hydrogen-bond acceptors (Lipinski definition) is 2. The van der Waals surface area contributed by atoms with Gasteiger partial charge in [0.2, 0.25) is 0 Å². The number of nitrogens with zero attached hydrogens (tertiary/aromatic N) is 2. The third kappa shape index (κ3) is 2.70. The summed E-state index contributed by atoms with van der Waals surface area (Å²) in [6.07, 6.45) is 9.34. The number of rotatable bonds is 2. The molecule has 1 aliphatic rings. The molecule has 2 N–H and O–H groups in total. The van der Waals surface area contributed by atoms with Gasteiger partial charge in [0.15, 0.2) is 0 Å². The molecule has 1 aromatic rings. The van der Waals surface area contributed by atoms with Gasteiger partial charge in [0.05, 0.1) is 5.69 Å². The van der Waals surface area contributed by atoms with Gasteiger partial charge in [-0.15, -0.1) is 0 Å². The third-order valence-corrected chi connectivity index (χ3v) is 4.16. The van der Waals surface area contributed by atoms with Crippen LogP contribution in [-0.4, -0.2) is 9.55 Å². The maximum absolute atomic E-state index is 6.33. The van der Waals surface area contributed by atoms with Gasteiger partial charge in [0.1, 0.15) is 11.6 Å². The smallest absolute Gasteiger partial charge is 0.127 e. The van der Waals surface area contributed by atoms with Gasteiger partial charge in [0, 0.05) is 12.0 Å². The van der Waals surface area contributed by atoms with Crippen LogP contribution in [0.3, 0.4) is 0 Å². The lowest BCUT2D eigenvalue weighted by Crippen LogP contribution is -2.09. The zero-order chi connectivity index (χ0) is 13.1. The minimum Gasteiger partial charge on any atom is -0.384 e. The third-order valence-electron chi connectivity index (χ3n) is 4.16. The molecule has 1 saturated carbocycles. The first-order valence-corrected chi connectivity index (χ1v) is 7.45. The lowest BCUT2D eigenvalue weighted by atomic mass is 9.89. The van der Waals surface area contributed by atoms with E-state index in [9.17, 15) is 0 Å². The molecule has 1 heterocycles. The minimum absolute atomic E-state index is 0.403. The van der Waals surface area contributed by atoms with Gasteiger partial charge in [-0.1, -0.05) is 32.1 Å². The molecule has 1 fully saturated rings. The average molecular weight is 249 g/mol. The first-order valence-electron chi connectivity index (χ1n) is 7.45. The number of hydrogen-bond donors (Lipinski definition) is 1. The number of aryl methyl sites for hydroxylation is 1. The number of anilines is 1. The van der Waals surface area contributed by atoms with Crippen LogP contribution in [0.5, 0.6) is 0 Å². The lowest BCUT2D eigenvalue weighted by Gasteiger charge is -2.19. The predicted molar refractivity (Wildman–Crippen MR) is 76.8 cm³/mol. The van der Waals surface area contributed by atoms with E-state index in [0.29, 0.717) is 12.0 Å². The van der Waals surface area contributed by atoms with E-state index in [4.69, 9.17) is 10.7 Å². The molecule has 0 bridgehead atoms. The minimum atomic E-state index is 0.403. The quantitative estimate of drug-likeness (QED) is 0.854. The van der Waals surface area contributed by atoms with Gasteiger partial charge in [-0.25, -0.2) is 4.98 Å². The van der Waals surface area contributed by atoms with E-state index < -0.39 is 0 Å². The Morgan fingerprint density at radius 3 is 2.17 bits per heavy atom. The molecule has 0 spiro atoms. The summed E-state index contributed by atoms with van der Waals surface area (Å²) in [7, 11) is 0. The number of imidazole rings is 1. The average Bonchev–Trinajstić information content (AvgIpc) is 2.53. The van der Waals surface area contributed by atoms with Crippen molar-refractivity contribution in [3.05, 3.63) is 11.5 Å². The van der Waals surface area contributed by atoms with Crippen molar-refractivity contribution in [1.29, 1.82) is 0 Å². The van der Waals surface area contributed by atoms with Crippen LogP contribution in [0.1, 0.15) is 82.3 Å². The van der Waals surface area contributed by atoms with Crippen LogP contribution >= 0.6 is 0 Å². The van der Waals surface area contributed by atoms with E-state index in [2.05, 4.69) is 25.3 Å². The van der Waals surface area contributed by atoms with E-state index in [1.54, 1.807) is 0 Å². The fourth-order valence-corrected chi connectivity index (χ4v) is 3.27. The van der Waals surface area contributed by atoms with Gasteiger partial charge in [-0.2, -0.15) is 0 Å². The molecule has 0 unspecified atom stereocenters. The highest BCUT2D eigenvalue weighted by molar-refractivity contribution is 5.41. The highest BCUT2D eigenvalue weighted by atomic mass is 15.2. The molecule has 1 aliphatic carbocycles. The van der Waals surface area contributed by atoms with Crippen molar-refractivity contribution in [3.63, 3.8) is 0 Å². The van der Waals surface area contributed by atoms with Crippen LogP contribution < -0.4 is 5.73 Å². The molecule has 0 aromatic carbocycles. The Labute approximate surface area is 111 Å². The molecule has 2 rings (SSSR count). The summed E-state index contributed by atoms with van der Waals surface area (Å²) in [5.41, 5.74) is 7.50. The Balaban J connectivity index is 2.23. The van der Waals surface area contributed by atoms with Crippen molar-refractivity contribution in [2.24, 2.45) is 0 Å². The maximum Gasteiger partial charge on any atom is 0.127 e. The highest BCUT2D eigenvalue weighted by Crippen LogP contribution is 2.34. The fraction of sp³-hybridized carbons (Fsp3) is 0.800. The van der Waals surface area contributed by atoms with Crippen molar-refractivity contribution in [3.8, 4) is 0 Å². The molecule has 0 saturated heterocycles. The molecule has 102 valence electrons. The van der Waals surface area contributed by atoms with E-state index in [0.717, 1.165) is 11.6 Å². The number of aromatic nitrogens is 2. The SMILES string of the molecule is Cc1nc(C2CCCCCCC2)c(N)n1C(C)C. The van der Waals surface area contributed by atoms with Gasteiger partial charge >= 0.3 is 0 Å². The zero-order valence-electron chi connectivity index (χ0n) is 12.1. The second-order valence-corrected chi connectivity index (χ2v) is 5.94. The van der Waals surface area contributed by atoms with Crippen molar-refractivity contribution in [2.75, 3.05) is 5.73 Å². The Morgan fingerprint density at radius 2 is 1.67 bits per heavy atom.